The third kappa shape index (κ3) is 4.18. The van der Waals surface area contributed by atoms with Crippen LogP contribution in [0.15, 0.2) is 30.6 Å². The fourth-order valence-corrected chi connectivity index (χ4v) is 3.05. The Balaban J connectivity index is 1.84. The summed E-state index contributed by atoms with van der Waals surface area (Å²) in [5, 5.41) is 3.02. The van der Waals surface area contributed by atoms with Crippen molar-refractivity contribution in [1.29, 1.82) is 0 Å². The number of methoxy groups -OCH3 is 1. The summed E-state index contributed by atoms with van der Waals surface area (Å²) in [6, 6.07) is 4.04. The number of imidazole rings is 1. The zero-order valence-corrected chi connectivity index (χ0v) is 16.2. The van der Waals surface area contributed by atoms with Crippen LogP contribution >= 0.6 is 23.2 Å². The molecular weight excluding hydrogens is 418 g/mol. The smallest absolute Gasteiger partial charge is 0.417 e. The number of rotatable bonds is 4. The van der Waals surface area contributed by atoms with E-state index in [0.29, 0.717) is 16.5 Å². The molecule has 28 heavy (non-hydrogen) atoms. The Labute approximate surface area is 168 Å². The van der Waals surface area contributed by atoms with Gasteiger partial charge in [-0.25, -0.2) is 4.98 Å². The number of hydrogen-bond donors (Lipinski definition) is 1. The van der Waals surface area contributed by atoms with E-state index in [1.54, 1.807) is 19.1 Å². The van der Waals surface area contributed by atoms with Gasteiger partial charge in [-0.1, -0.05) is 23.2 Å². The summed E-state index contributed by atoms with van der Waals surface area (Å²) < 4.78 is 45.1. The number of nitrogens with one attached hydrogen (secondary N) is 1. The van der Waals surface area contributed by atoms with Gasteiger partial charge >= 0.3 is 6.18 Å². The fourth-order valence-electron chi connectivity index (χ4n) is 2.64. The lowest BCUT2D eigenvalue weighted by molar-refractivity contribution is -0.137. The Bertz CT molecular complexity index is 1060. The summed E-state index contributed by atoms with van der Waals surface area (Å²) >= 11 is 11.9. The molecule has 0 fully saturated rings. The minimum absolute atomic E-state index is 0.136. The minimum atomic E-state index is -4.54. The third-order valence-electron chi connectivity index (χ3n) is 3.98. The van der Waals surface area contributed by atoms with Crippen molar-refractivity contribution in [3.8, 4) is 5.75 Å². The van der Waals surface area contributed by atoms with Crippen LogP contribution in [0.5, 0.6) is 5.75 Å². The predicted octanol–water partition coefficient (Wildman–Crippen LogP) is 5.16. The standard InChI is InChI=1S/C18H14Cl2F3N3O2/c1-9-3-14(15(28-2)6-12(9)19)25-16(27)5-11-8-26-7-10(18(21,22)23)4-13(20)17(26)24-11/h3-4,6-8H,5H2,1-2H3,(H,25,27). The van der Waals surface area contributed by atoms with Crippen LogP contribution in [0.4, 0.5) is 18.9 Å². The zero-order chi connectivity index (χ0) is 20.6. The Morgan fingerprint density at radius 3 is 2.57 bits per heavy atom. The van der Waals surface area contributed by atoms with Gasteiger partial charge < -0.3 is 14.5 Å². The van der Waals surface area contributed by atoms with E-state index in [0.717, 1.165) is 22.2 Å². The first kappa shape index (κ1) is 20.3. The molecule has 0 unspecified atom stereocenters. The minimum Gasteiger partial charge on any atom is -0.495 e. The topological polar surface area (TPSA) is 55.6 Å². The van der Waals surface area contributed by atoms with Crippen LogP contribution in [-0.4, -0.2) is 22.4 Å². The first-order valence-electron chi connectivity index (χ1n) is 7.97. The van der Waals surface area contributed by atoms with Gasteiger partial charge in [0, 0.05) is 23.5 Å². The molecule has 3 aromatic rings. The van der Waals surface area contributed by atoms with E-state index in [-0.39, 0.29) is 22.8 Å². The van der Waals surface area contributed by atoms with E-state index in [1.165, 1.54) is 13.3 Å². The van der Waals surface area contributed by atoms with Crippen LogP contribution < -0.4 is 10.1 Å². The molecule has 0 bridgehead atoms. The number of halogens is 5. The molecule has 3 rings (SSSR count). The van der Waals surface area contributed by atoms with Crippen LogP contribution in [0, 0.1) is 6.92 Å². The summed E-state index contributed by atoms with van der Waals surface area (Å²) in [6.45, 7) is 1.78. The van der Waals surface area contributed by atoms with Crippen LogP contribution in [0.2, 0.25) is 10.0 Å². The summed E-state index contributed by atoms with van der Waals surface area (Å²) in [4.78, 5) is 16.5. The lowest BCUT2D eigenvalue weighted by Gasteiger charge is -2.11. The lowest BCUT2D eigenvalue weighted by atomic mass is 10.2. The summed E-state index contributed by atoms with van der Waals surface area (Å²) in [5.41, 5.74) is 0.674. The van der Waals surface area contributed by atoms with Crippen molar-refractivity contribution < 1.29 is 22.7 Å². The first-order valence-corrected chi connectivity index (χ1v) is 8.72. The summed E-state index contributed by atoms with van der Waals surface area (Å²) in [5.74, 6) is -0.0348. The second-order valence-electron chi connectivity index (χ2n) is 6.06. The van der Waals surface area contributed by atoms with Gasteiger partial charge in [-0.05, 0) is 24.6 Å². The molecule has 5 nitrogen and oxygen atoms in total. The van der Waals surface area contributed by atoms with Crippen molar-refractivity contribution in [2.24, 2.45) is 0 Å². The largest absolute Gasteiger partial charge is 0.495 e. The van der Waals surface area contributed by atoms with Crippen molar-refractivity contribution in [2.45, 2.75) is 19.5 Å². The number of hydrogen-bond acceptors (Lipinski definition) is 3. The Morgan fingerprint density at radius 2 is 1.93 bits per heavy atom. The highest BCUT2D eigenvalue weighted by atomic mass is 35.5. The number of carbonyl (C=O) groups excluding carboxylic acids is 1. The number of alkyl halides is 3. The maximum Gasteiger partial charge on any atom is 0.417 e. The van der Waals surface area contributed by atoms with Crippen molar-refractivity contribution in [2.75, 3.05) is 12.4 Å². The number of nitrogens with zero attached hydrogens (tertiary/aromatic N) is 2. The molecule has 0 saturated carbocycles. The Morgan fingerprint density at radius 1 is 1.21 bits per heavy atom. The summed E-state index contributed by atoms with van der Waals surface area (Å²) in [7, 11) is 1.44. The molecule has 1 aromatic carbocycles. The van der Waals surface area contributed by atoms with Crippen molar-refractivity contribution in [3.63, 3.8) is 0 Å². The van der Waals surface area contributed by atoms with Gasteiger partial charge in [0.1, 0.15) is 5.75 Å². The number of fused-ring (bicyclic) bond motifs is 1. The van der Waals surface area contributed by atoms with E-state index in [2.05, 4.69) is 10.3 Å². The maximum absolute atomic E-state index is 12.9. The molecule has 0 aliphatic rings. The SMILES string of the molecule is COc1cc(Cl)c(C)cc1NC(=O)Cc1cn2cc(C(F)(F)F)cc(Cl)c2n1. The van der Waals surface area contributed by atoms with Gasteiger partial charge in [-0.3, -0.25) is 4.79 Å². The van der Waals surface area contributed by atoms with E-state index in [1.807, 2.05) is 0 Å². The molecule has 148 valence electrons. The van der Waals surface area contributed by atoms with E-state index in [4.69, 9.17) is 27.9 Å². The monoisotopic (exact) mass is 431 g/mol. The highest BCUT2D eigenvalue weighted by Crippen LogP contribution is 2.33. The number of ether oxygens (including phenoxy) is 1. The molecular formula is C18H14Cl2F3N3O2. The number of anilines is 1. The first-order chi connectivity index (χ1) is 13.1. The molecule has 10 heteroatoms. The number of aromatic nitrogens is 2. The zero-order valence-electron chi connectivity index (χ0n) is 14.7. The highest BCUT2D eigenvalue weighted by molar-refractivity contribution is 6.33. The molecule has 0 spiro atoms. The molecule has 1 amide bonds. The molecule has 0 radical (unpaired) electrons. The Hall–Kier alpha value is -2.45. The fraction of sp³-hybridized carbons (Fsp3) is 0.222. The van der Waals surface area contributed by atoms with Gasteiger partial charge in [0.15, 0.2) is 5.65 Å². The molecule has 2 heterocycles. The van der Waals surface area contributed by atoms with E-state index in [9.17, 15) is 18.0 Å². The van der Waals surface area contributed by atoms with Crippen molar-refractivity contribution in [1.82, 2.24) is 9.38 Å². The van der Waals surface area contributed by atoms with Crippen LogP contribution in [0.25, 0.3) is 5.65 Å². The predicted molar refractivity (Wildman–Crippen MR) is 100 cm³/mol. The Kier molecular flexibility index (Phi) is 5.45. The van der Waals surface area contributed by atoms with Gasteiger partial charge in [0.05, 0.1) is 35.5 Å². The number of amides is 1. The van der Waals surface area contributed by atoms with E-state index >= 15 is 0 Å². The average Bonchev–Trinajstić information content (AvgIpc) is 3.00. The number of carbonyl (C=O) groups is 1. The molecule has 1 N–H and O–H groups in total. The average molecular weight is 432 g/mol. The second kappa shape index (κ2) is 7.52. The van der Waals surface area contributed by atoms with Gasteiger partial charge in [0.25, 0.3) is 0 Å². The number of pyridine rings is 1. The van der Waals surface area contributed by atoms with Gasteiger partial charge in [0.2, 0.25) is 5.91 Å². The highest BCUT2D eigenvalue weighted by Gasteiger charge is 2.32. The molecule has 2 aromatic heterocycles. The lowest BCUT2D eigenvalue weighted by Crippen LogP contribution is -2.15. The van der Waals surface area contributed by atoms with Crippen LogP contribution in [0.3, 0.4) is 0 Å². The second-order valence-corrected chi connectivity index (χ2v) is 6.88. The molecule has 0 saturated heterocycles. The molecule has 0 aliphatic carbocycles. The van der Waals surface area contributed by atoms with Crippen molar-refractivity contribution >= 4 is 40.4 Å². The molecule has 0 atom stereocenters. The third-order valence-corrected chi connectivity index (χ3v) is 4.67. The van der Waals surface area contributed by atoms with Crippen molar-refractivity contribution in [3.05, 3.63) is 57.5 Å². The molecule has 0 aliphatic heterocycles. The number of benzene rings is 1. The maximum atomic E-state index is 12.9. The van der Waals surface area contributed by atoms with Gasteiger partial charge in [-0.15, -0.1) is 0 Å². The van der Waals surface area contributed by atoms with Crippen LogP contribution in [-0.2, 0) is 17.4 Å². The summed E-state index contributed by atoms with van der Waals surface area (Å²) in [6.07, 6.45) is -2.49. The van der Waals surface area contributed by atoms with E-state index < -0.39 is 17.6 Å². The van der Waals surface area contributed by atoms with Gasteiger partial charge in [-0.2, -0.15) is 13.2 Å². The normalized spacial score (nSPS) is 11.7. The quantitative estimate of drug-likeness (QED) is 0.620. The number of aryl methyl sites for hydroxylation is 1. The van der Waals surface area contributed by atoms with Crippen LogP contribution in [0.1, 0.15) is 16.8 Å².